The van der Waals surface area contributed by atoms with Crippen molar-refractivity contribution in [3.63, 3.8) is 0 Å². The van der Waals surface area contributed by atoms with Gasteiger partial charge in [-0.25, -0.2) is 4.79 Å². The number of hydrogen-bond donors (Lipinski definition) is 1. The summed E-state index contributed by atoms with van der Waals surface area (Å²) in [6.07, 6.45) is 1.69. The average molecular weight is 398 g/mol. The highest BCUT2D eigenvalue weighted by Gasteiger charge is 2.16. The molecule has 0 aliphatic rings. The van der Waals surface area contributed by atoms with Crippen molar-refractivity contribution < 1.29 is 19.0 Å². The third kappa shape index (κ3) is 5.71. The molecule has 0 radical (unpaired) electrons. The van der Waals surface area contributed by atoms with Gasteiger partial charge in [0.2, 0.25) is 0 Å². The van der Waals surface area contributed by atoms with Crippen molar-refractivity contribution in [1.29, 1.82) is 0 Å². The Morgan fingerprint density at radius 1 is 1.04 bits per heavy atom. The Morgan fingerprint density at radius 3 is 2.38 bits per heavy atom. The molecule has 7 heteroatoms. The quantitative estimate of drug-likeness (QED) is 0.473. The normalized spacial score (nSPS) is 10.3. The van der Waals surface area contributed by atoms with Crippen molar-refractivity contribution in [1.82, 2.24) is 0 Å². The van der Waals surface area contributed by atoms with Crippen molar-refractivity contribution in [3.05, 3.63) is 52.0 Å². The van der Waals surface area contributed by atoms with Gasteiger partial charge in [-0.2, -0.15) is 0 Å². The van der Waals surface area contributed by atoms with Crippen LogP contribution in [-0.4, -0.2) is 33.3 Å². The standard InChI is InChI=1S/C19H21Cl2NO4/c1-24-14-5-7-15(8-6-14)26-10-4-3-9-22-18-16(19(23)25-2)11-13(20)12-17(18)21/h5-8,11-12,22H,3-4,9-10H2,1-2H3. The summed E-state index contributed by atoms with van der Waals surface area (Å²) >= 11 is 12.1. The summed E-state index contributed by atoms with van der Waals surface area (Å²) in [4.78, 5) is 11.9. The second-order valence-electron chi connectivity index (χ2n) is 5.46. The molecular weight excluding hydrogens is 377 g/mol. The van der Waals surface area contributed by atoms with E-state index in [1.807, 2.05) is 24.3 Å². The van der Waals surface area contributed by atoms with Crippen molar-refractivity contribution in [3.8, 4) is 11.5 Å². The van der Waals surface area contributed by atoms with Gasteiger partial charge >= 0.3 is 5.97 Å². The molecule has 0 amide bonds. The molecule has 0 aliphatic carbocycles. The molecule has 0 unspecified atom stereocenters. The molecule has 2 rings (SSSR count). The first-order valence-corrected chi connectivity index (χ1v) is 8.89. The molecule has 26 heavy (non-hydrogen) atoms. The Hall–Kier alpha value is -2.11. The molecule has 0 atom stereocenters. The Morgan fingerprint density at radius 2 is 1.73 bits per heavy atom. The maximum atomic E-state index is 11.9. The summed E-state index contributed by atoms with van der Waals surface area (Å²) in [5.41, 5.74) is 0.846. The minimum absolute atomic E-state index is 0.319. The number of anilines is 1. The van der Waals surface area contributed by atoms with Gasteiger partial charge in [-0.3, -0.25) is 0 Å². The van der Waals surface area contributed by atoms with Crippen LogP contribution in [0.2, 0.25) is 10.0 Å². The van der Waals surface area contributed by atoms with Gasteiger partial charge in [-0.1, -0.05) is 23.2 Å². The Kier molecular flexibility index (Phi) is 7.88. The van der Waals surface area contributed by atoms with E-state index < -0.39 is 5.97 Å². The number of carbonyl (C=O) groups is 1. The van der Waals surface area contributed by atoms with Crippen LogP contribution in [0.4, 0.5) is 5.69 Å². The monoisotopic (exact) mass is 397 g/mol. The van der Waals surface area contributed by atoms with E-state index in [0.717, 1.165) is 24.3 Å². The summed E-state index contributed by atoms with van der Waals surface area (Å²) in [5.74, 6) is 1.11. The molecule has 140 valence electrons. The minimum Gasteiger partial charge on any atom is -0.497 e. The molecule has 0 spiro atoms. The Labute approximate surface area is 163 Å². The van der Waals surface area contributed by atoms with Gasteiger partial charge in [0.05, 0.1) is 37.1 Å². The van der Waals surface area contributed by atoms with Crippen LogP contribution in [0.15, 0.2) is 36.4 Å². The predicted octanol–water partition coefficient (Wildman–Crippen LogP) is 5.06. The molecule has 2 aromatic rings. The smallest absolute Gasteiger partial charge is 0.340 e. The Bertz CT molecular complexity index is 735. The largest absolute Gasteiger partial charge is 0.497 e. The molecule has 1 N–H and O–H groups in total. The lowest BCUT2D eigenvalue weighted by atomic mass is 10.1. The highest BCUT2D eigenvalue weighted by atomic mass is 35.5. The van der Waals surface area contributed by atoms with E-state index in [0.29, 0.717) is 34.4 Å². The molecule has 0 aromatic heterocycles. The van der Waals surface area contributed by atoms with Gasteiger partial charge in [0.1, 0.15) is 11.5 Å². The number of methoxy groups -OCH3 is 2. The van der Waals surface area contributed by atoms with Gasteiger partial charge in [-0.15, -0.1) is 0 Å². The number of esters is 1. The van der Waals surface area contributed by atoms with Gasteiger partial charge in [0, 0.05) is 11.6 Å². The number of unbranched alkanes of at least 4 members (excludes halogenated alkanes) is 1. The van der Waals surface area contributed by atoms with Crippen molar-refractivity contribution in [2.24, 2.45) is 0 Å². The van der Waals surface area contributed by atoms with Crippen LogP contribution in [0.5, 0.6) is 11.5 Å². The number of ether oxygens (including phenoxy) is 3. The summed E-state index contributed by atoms with van der Waals surface area (Å²) in [5, 5.41) is 3.94. The zero-order valence-corrected chi connectivity index (χ0v) is 16.2. The SMILES string of the molecule is COC(=O)c1cc(Cl)cc(Cl)c1NCCCCOc1ccc(OC)cc1. The van der Waals surface area contributed by atoms with Crippen LogP contribution in [-0.2, 0) is 4.74 Å². The van der Waals surface area contributed by atoms with E-state index in [-0.39, 0.29) is 0 Å². The van der Waals surface area contributed by atoms with Crippen LogP contribution in [0.1, 0.15) is 23.2 Å². The molecule has 2 aromatic carbocycles. The molecule has 0 saturated carbocycles. The van der Waals surface area contributed by atoms with Gasteiger partial charge in [0.15, 0.2) is 0 Å². The zero-order valence-electron chi connectivity index (χ0n) is 14.7. The summed E-state index contributed by atoms with van der Waals surface area (Å²) in [7, 11) is 2.94. The number of rotatable bonds is 9. The topological polar surface area (TPSA) is 56.8 Å². The van der Waals surface area contributed by atoms with E-state index >= 15 is 0 Å². The first kappa shape index (κ1) is 20.2. The van der Waals surface area contributed by atoms with Crippen LogP contribution >= 0.6 is 23.2 Å². The fraction of sp³-hybridized carbons (Fsp3) is 0.316. The number of halogens is 2. The second-order valence-corrected chi connectivity index (χ2v) is 6.30. The van der Waals surface area contributed by atoms with Gasteiger partial charge < -0.3 is 19.5 Å². The summed E-state index contributed by atoms with van der Waals surface area (Å²) in [6.45, 7) is 1.23. The van der Waals surface area contributed by atoms with Crippen LogP contribution < -0.4 is 14.8 Å². The third-order valence-corrected chi connectivity index (χ3v) is 4.18. The van der Waals surface area contributed by atoms with Crippen LogP contribution in [0.25, 0.3) is 0 Å². The molecular formula is C19H21Cl2NO4. The van der Waals surface area contributed by atoms with Crippen molar-refractivity contribution in [2.75, 3.05) is 32.7 Å². The van der Waals surface area contributed by atoms with Crippen molar-refractivity contribution in [2.45, 2.75) is 12.8 Å². The zero-order chi connectivity index (χ0) is 18.9. The van der Waals surface area contributed by atoms with Crippen LogP contribution in [0.3, 0.4) is 0 Å². The maximum Gasteiger partial charge on any atom is 0.340 e. The second kappa shape index (κ2) is 10.1. The van der Waals surface area contributed by atoms with E-state index in [1.165, 1.54) is 13.2 Å². The van der Waals surface area contributed by atoms with E-state index in [1.54, 1.807) is 13.2 Å². The molecule has 0 saturated heterocycles. The Balaban J connectivity index is 1.80. The molecule has 0 aliphatic heterocycles. The number of hydrogen-bond acceptors (Lipinski definition) is 5. The predicted molar refractivity (Wildman–Crippen MR) is 104 cm³/mol. The fourth-order valence-corrected chi connectivity index (χ4v) is 2.89. The molecule has 0 fully saturated rings. The van der Waals surface area contributed by atoms with Gasteiger partial charge in [-0.05, 0) is 49.2 Å². The molecule has 0 bridgehead atoms. The first-order chi connectivity index (χ1) is 12.5. The maximum absolute atomic E-state index is 11.9. The third-order valence-electron chi connectivity index (χ3n) is 3.66. The molecule has 5 nitrogen and oxygen atoms in total. The minimum atomic E-state index is -0.486. The highest BCUT2D eigenvalue weighted by molar-refractivity contribution is 6.37. The number of nitrogens with one attached hydrogen (secondary N) is 1. The van der Waals surface area contributed by atoms with Gasteiger partial charge in [0.25, 0.3) is 0 Å². The molecule has 0 heterocycles. The van der Waals surface area contributed by atoms with E-state index in [4.69, 9.17) is 37.4 Å². The lowest BCUT2D eigenvalue weighted by Gasteiger charge is -2.13. The van der Waals surface area contributed by atoms with Crippen molar-refractivity contribution >= 4 is 34.9 Å². The highest BCUT2D eigenvalue weighted by Crippen LogP contribution is 2.30. The number of carbonyl (C=O) groups excluding carboxylic acids is 1. The summed E-state index contributed by atoms with van der Waals surface area (Å²) in [6, 6.07) is 10.6. The summed E-state index contributed by atoms with van der Waals surface area (Å²) < 4.78 is 15.6. The van der Waals surface area contributed by atoms with E-state index in [9.17, 15) is 4.79 Å². The van der Waals surface area contributed by atoms with Crippen LogP contribution in [0, 0.1) is 0 Å². The lowest BCUT2D eigenvalue weighted by molar-refractivity contribution is 0.0602. The fourth-order valence-electron chi connectivity index (χ4n) is 2.33. The number of benzene rings is 2. The lowest BCUT2D eigenvalue weighted by Crippen LogP contribution is -2.11. The first-order valence-electron chi connectivity index (χ1n) is 8.13. The average Bonchev–Trinajstić information content (AvgIpc) is 2.65. The van der Waals surface area contributed by atoms with E-state index in [2.05, 4.69) is 5.32 Å².